The van der Waals surface area contributed by atoms with Crippen molar-refractivity contribution in [1.29, 1.82) is 0 Å². The molecule has 2 N–H and O–H groups in total. The zero-order chi connectivity index (χ0) is 19.6. The highest BCUT2D eigenvalue weighted by atomic mass is 35.5. The highest BCUT2D eigenvalue weighted by molar-refractivity contribution is 5.85. The molecule has 1 unspecified atom stereocenters. The van der Waals surface area contributed by atoms with Crippen molar-refractivity contribution in [1.82, 2.24) is 35.3 Å². The average molecular weight is 426 g/mol. The standard InChI is InChI=1S/C20H19N7O2.ClH/c28-20(15-5-3-9-21-15)23-11-18-25-19(26-29-18)13-7-8-17(22-10-13)27-12-24-14-4-1-2-6-16(14)27;/h1-2,4,6-8,10,12,15,21H,3,5,9,11H2,(H,23,28);1H. The van der Waals surface area contributed by atoms with Crippen LogP contribution in [0.5, 0.6) is 0 Å². The quantitative estimate of drug-likeness (QED) is 0.504. The van der Waals surface area contributed by atoms with Gasteiger partial charge in [-0.1, -0.05) is 17.3 Å². The number of pyridine rings is 1. The van der Waals surface area contributed by atoms with Gasteiger partial charge in [0.1, 0.15) is 12.1 Å². The van der Waals surface area contributed by atoms with Gasteiger partial charge in [0, 0.05) is 11.8 Å². The van der Waals surface area contributed by atoms with E-state index >= 15 is 0 Å². The largest absolute Gasteiger partial charge is 0.346 e. The third kappa shape index (κ3) is 3.89. The van der Waals surface area contributed by atoms with Crippen LogP contribution in [0.1, 0.15) is 18.7 Å². The van der Waals surface area contributed by atoms with Gasteiger partial charge in [-0.25, -0.2) is 9.97 Å². The Labute approximate surface area is 178 Å². The third-order valence-corrected chi connectivity index (χ3v) is 4.97. The molecule has 0 saturated carbocycles. The van der Waals surface area contributed by atoms with Crippen molar-refractivity contribution in [2.45, 2.75) is 25.4 Å². The van der Waals surface area contributed by atoms with Crippen LogP contribution < -0.4 is 10.6 Å². The molecule has 1 fully saturated rings. The minimum Gasteiger partial charge on any atom is -0.346 e. The number of carbonyl (C=O) groups excluding carboxylic acids is 1. The maximum atomic E-state index is 12.1. The van der Waals surface area contributed by atoms with Gasteiger partial charge >= 0.3 is 0 Å². The van der Waals surface area contributed by atoms with Gasteiger partial charge in [0.25, 0.3) is 0 Å². The first kappa shape index (κ1) is 20.0. The number of imidazole rings is 1. The molecule has 154 valence electrons. The molecule has 1 atom stereocenters. The van der Waals surface area contributed by atoms with Crippen molar-refractivity contribution >= 4 is 29.3 Å². The number of fused-ring (bicyclic) bond motifs is 1. The molecule has 0 bridgehead atoms. The zero-order valence-electron chi connectivity index (χ0n) is 16.0. The van der Waals surface area contributed by atoms with Crippen LogP contribution in [0.25, 0.3) is 28.2 Å². The number of benzene rings is 1. The molecule has 10 heteroatoms. The number of nitrogens with zero attached hydrogens (tertiary/aromatic N) is 5. The molecule has 0 spiro atoms. The minimum absolute atomic E-state index is 0. The van der Waals surface area contributed by atoms with Crippen LogP contribution in [0.2, 0.25) is 0 Å². The molecule has 1 aliphatic heterocycles. The van der Waals surface area contributed by atoms with E-state index in [2.05, 4.69) is 30.7 Å². The topological polar surface area (TPSA) is 111 Å². The summed E-state index contributed by atoms with van der Waals surface area (Å²) < 4.78 is 7.18. The zero-order valence-corrected chi connectivity index (χ0v) is 16.8. The Hall–Kier alpha value is -3.30. The Morgan fingerprint density at radius 1 is 1.23 bits per heavy atom. The summed E-state index contributed by atoms with van der Waals surface area (Å²) in [5, 5.41) is 9.98. The Bertz CT molecular complexity index is 1150. The predicted octanol–water partition coefficient (Wildman–Crippen LogP) is 2.26. The molecule has 0 aliphatic carbocycles. The number of aromatic nitrogens is 5. The fourth-order valence-corrected chi connectivity index (χ4v) is 3.44. The van der Waals surface area contributed by atoms with Gasteiger partial charge in [-0.05, 0) is 43.7 Å². The molecule has 5 rings (SSSR count). The minimum atomic E-state index is -0.131. The van der Waals surface area contributed by atoms with Crippen molar-refractivity contribution in [3.8, 4) is 17.2 Å². The van der Waals surface area contributed by atoms with Crippen molar-refractivity contribution in [3.63, 3.8) is 0 Å². The summed E-state index contributed by atoms with van der Waals surface area (Å²) in [6.45, 7) is 1.08. The first-order valence-electron chi connectivity index (χ1n) is 9.50. The number of nitrogens with one attached hydrogen (secondary N) is 2. The molecule has 1 aromatic carbocycles. The third-order valence-electron chi connectivity index (χ3n) is 4.97. The van der Waals surface area contributed by atoms with E-state index in [1.54, 1.807) is 12.5 Å². The lowest BCUT2D eigenvalue weighted by atomic mass is 10.2. The second-order valence-corrected chi connectivity index (χ2v) is 6.89. The molecule has 1 saturated heterocycles. The fraction of sp³-hybridized carbons (Fsp3) is 0.250. The number of amides is 1. The Morgan fingerprint density at radius 2 is 2.13 bits per heavy atom. The van der Waals surface area contributed by atoms with Gasteiger partial charge in [0.2, 0.25) is 17.6 Å². The number of rotatable bonds is 5. The first-order chi connectivity index (χ1) is 14.3. The molecule has 9 nitrogen and oxygen atoms in total. The van der Waals surface area contributed by atoms with Gasteiger partial charge in [0.05, 0.1) is 23.6 Å². The van der Waals surface area contributed by atoms with Gasteiger partial charge < -0.3 is 15.2 Å². The highest BCUT2D eigenvalue weighted by Gasteiger charge is 2.22. The normalized spacial score (nSPS) is 15.8. The molecule has 30 heavy (non-hydrogen) atoms. The van der Waals surface area contributed by atoms with E-state index in [4.69, 9.17) is 4.52 Å². The van der Waals surface area contributed by atoms with E-state index < -0.39 is 0 Å². The van der Waals surface area contributed by atoms with Crippen LogP contribution in [0.3, 0.4) is 0 Å². The lowest BCUT2D eigenvalue weighted by Gasteiger charge is -2.08. The van der Waals surface area contributed by atoms with Crippen molar-refractivity contribution in [2.75, 3.05) is 6.54 Å². The van der Waals surface area contributed by atoms with Crippen LogP contribution in [0, 0.1) is 0 Å². The smallest absolute Gasteiger partial charge is 0.246 e. The van der Waals surface area contributed by atoms with Gasteiger partial charge in [-0.2, -0.15) is 4.98 Å². The van der Waals surface area contributed by atoms with E-state index in [1.165, 1.54) is 0 Å². The Morgan fingerprint density at radius 3 is 2.93 bits per heavy atom. The summed E-state index contributed by atoms with van der Waals surface area (Å²) in [6.07, 6.45) is 5.31. The first-order valence-corrected chi connectivity index (χ1v) is 9.50. The summed E-state index contributed by atoms with van der Waals surface area (Å²) in [7, 11) is 0. The molecule has 4 heterocycles. The predicted molar refractivity (Wildman–Crippen MR) is 112 cm³/mol. The highest BCUT2D eigenvalue weighted by Crippen LogP contribution is 2.19. The molecule has 3 aromatic heterocycles. The number of hydrogen-bond donors (Lipinski definition) is 2. The maximum Gasteiger partial charge on any atom is 0.246 e. The number of carbonyl (C=O) groups is 1. The SMILES string of the molecule is Cl.O=C(NCc1nc(-c2ccc(-n3cnc4ccccc43)nc2)no1)C1CCCN1. The summed E-state index contributed by atoms with van der Waals surface area (Å²) in [4.78, 5) is 25.3. The number of hydrogen-bond acceptors (Lipinski definition) is 7. The summed E-state index contributed by atoms with van der Waals surface area (Å²) >= 11 is 0. The van der Waals surface area contributed by atoms with E-state index in [0.717, 1.165) is 41.8 Å². The Kier molecular flexibility index (Phi) is 5.73. The second kappa shape index (κ2) is 8.60. The molecule has 0 radical (unpaired) electrons. The van der Waals surface area contributed by atoms with Gasteiger partial charge in [0.15, 0.2) is 0 Å². The monoisotopic (exact) mass is 425 g/mol. The van der Waals surface area contributed by atoms with E-state index in [9.17, 15) is 4.79 Å². The van der Waals surface area contributed by atoms with Crippen LogP contribution in [0.4, 0.5) is 0 Å². The van der Waals surface area contributed by atoms with Crippen LogP contribution >= 0.6 is 12.4 Å². The number of halogens is 1. The van der Waals surface area contributed by atoms with Crippen molar-refractivity contribution in [3.05, 3.63) is 54.8 Å². The van der Waals surface area contributed by atoms with Crippen molar-refractivity contribution in [2.24, 2.45) is 0 Å². The van der Waals surface area contributed by atoms with E-state index in [1.807, 2.05) is 41.0 Å². The van der Waals surface area contributed by atoms with Crippen molar-refractivity contribution < 1.29 is 9.32 Å². The molecule has 1 aliphatic rings. The van der Waals surface area contributed by atoms with Crippen LogP contribution in [-0.4, -0.2) is 43.2 Å². The summed E-state index contributed by atoms with van der Waals surface area (Å²) in [6, 6.07) is 11.5. The summed E-state index contributed by atoms with van der Waals surface area (Å²) in [5.74, 6) is 1.50. The van der Waals surface area contributed by atoms with Crippen LogP contribution in [-0.2, 0) is 11.3 Å². The van der Waals surface area contributed by atoms with Gasteiger partial charge in [-0.15, -0.1) is 12.4 Å². The van der Waals surface area contributed by atoms with Crippen LogP contribution in [0.15, 0.2) is 53.4 Å². The Balaban J connectivity index is 0.00000218. The average Bonchev–Trinajstić information content (AvgIpc) is 3.53. The molecule has 1 amide bonds. The number of para-hydroxylation sites is 2. The fourth-order valence-electron chi connectivity index (χ4n) is 3.44. The molecular weight excluding hydrogens is 406 g/mol. The van der Waals surface area contributed by atoms with E-state index in [-0.39, 0.29) is 30.9 Å². The maximum absolute atomic E-state index is 12.1. The summed E-state index contributed by atoms with van der Waals surface area (Å²) in [5.41, 5.74) is 2.63. The second-order valence-electron chi connectivity index (χ2n) is 6.89. The lowest BCUT2D eigenvalue weighted by molar-refractivity contribution is -0.123. The van der Waals surface area contributed by atoms with Gasteiger partial charge in [-0.3, -0.25) is 9.36 Å². The van der Waals surface area contributed by atoms with E-state index in [0.29, 0.717) is 11.7 Å². The molecular formula is C20H20ClN7O2. The lowest BCUT2D eigenvalue weighted by Crippen LogP contribution is -2.40. The molecule has 4 aromatic rings.